The predicted octanol–water partition coefficient (Wildman–Crippen LogP) is 8.60. The first kappa shape index (κ1) is 31.8. The lowest BCUT2D eigenvalue weighted by Gasteiger charge is -2.26. The lowest BCUT2D eigenvalue weighted by molar-refractivity contribution is -0.148. The summed E-state index contributed by atoms with van der Waals surface area (Å²) in [7, 11) is 0. The number of ketones is 1. The molecule has 0 heterocycles. The van der Waals surface area contributed by atoms with Gasteiger partial charge in [0.25, 0.3) is 0 Å². The van der Waals surface area contributed by atoms with Gasteiger partial charge in [0.2, 0.25) is 11.7 Å². The lowest BCUT2D eigenvalue weighted by atomic mass is 9.78. The van der Waals surface area contributed by atoms with E-state index < -0.39 is 12.1 Å². The third kappa shape index (κ3) is 8.93. The highest BCUT2D eigenvalue weighted by molar-refractivity contribution is 6.30. The number of ether oxygens (including phenoxy) is 2. The van der Waals surface area contributed by atoms with Crippen molar-refractivity contribution in [2.24, 2.45) is 0 Å². The molecule has 4 aromatic rings. The predicted molar refractivity (Wildman–Crippen MR) is 170 cm³/mol. The van der Waals surface area contributed by atoms with Crippen molar-refractivity contribution in [2.75, 3.05) is 11.2 Å². The molecule has 0 aromatic heterocycles. The molecule has 0 aliphatic rings. The second-order valence-electron chi connectivity index (χ2n) is 10.5. The fourth-order valence-electron chi connectivity index (χ4n) is 4.50. The molecule has 4 aromatic carbocycles. The van der Waals surface area contributed by atoms with Crippen LogP contribution in [0.25, 0.3) is 0 Å². The van der Waals surface area contributed by atoms with Gasteiger partial charge in [-0.3, -0.25) is 14.4 Å². The molecule has 1 unspecified atom stereocenters. The summed E-state index contributed by atoms with van der Waals surface area (Å²) in [5.74, 6) is 0.0613. The first-order chi connectivity index (χ1) is 20.7. The fraction of sp³-hybridized carbons (Fsp3) is 0.229. The van der Waals surface area contributed by atoms with Crippen molar-refractivity contribution in [3.05, 3.63) is 125 Å². The van der Waals surface area contributed by atoms with E-state index in [9.17, 15) is 14.4 Å². The Balaban J connectivity index is 1.25. The molecule has 8 heteroatoms. The zero-order valence-corrected chi connectivity index (χ0v) is 25.5. The van der Waals surface area contributed by atoms with E-state index in [0.717, 1.165) is 0 Å². The molecule has 0 saturated heterocycles. The Morgan fingerprint density at radius 2 is 1.35 bits per heavy atom. The van der Waals surface area contributed by atoms with Crippen LogP contribution in [0.2, 0.25) is 5.02 Å². The van der Waals surface area contributed by atoms with Crippen molar-refractivity contribution in [3.63, 3.8) is 0 Å². The highest BCUT2D eigenvalue weighted by Crippen LogP contribution is 2.33. The first-order valence-corrected chi connectivity index (χ1v) is 14.9. The molecule has 1 amide bonds. The van der Waals surface area contributed by atoms with Crippen LogP contribution in [0, 0.1) is 0 Å². The Kier molecular flexibility index (Phi) is 11.0. The van der Waals surface area contributed by atoms with Crippen molar-refractivity contribution in [1.82, 2.24) is 0 Å². The molecule has 0 aliphatic heterocycles. The van der Waals surface area contributed by atoms with Crippen molar-refractivity contribution in [2.45, 2.75) is 44.6 Å². The normalized spacial score (nSPS) is 11.8. The molecular weight excluding hydrogens is 585 g/mol. The average molecular weight is 619 g/mol. The first-order valence-electron chi connectivity index (χ1n) is 13.9. The van der Waals surface area contributed by atoms with E-state index in [1.807, 2.05) is 30.3 Å². The van der Waals surface area contributed by atoms with Crippen LogP contribution < -0.4 is 10.1 Å². The maximum absolute atomic E-state index is 12.7. The van der Waals surface area contributed by atoms with Gasteiger partial charge in [-0.15, -0.1) is 11.6 Å². The van der Waals surface area contributed by atoms with E-state index >= 15 is 0 Å². The van der Waals surface area contributed by atoms with E-state index in [2.05, 4.69) is 43.4 Å². The van der Waals surface area contributed by atoms with Crippen LogP contribution in [0.15, 0.2) is 103 Å². The van der Waals surface area contributed by atoms with Crippen LogP contribution in [-0.2, 0) is 19.7 Å². The summed E-state index contributed by atoms with van der Waals surface area (Å²) in [4.78, 5) is 37.6. The monoisotopic (exact) mass is 617 g/mol. The number of rotatable bonds is 13. The number of hydrogen-bond acceptors (Lipinski definition) is 5. The van der Waals surface area contributed by atoms with Crippen LogP contribution in [-0.4, -0.2) is 29.6 Å². The smallest absolute Gasteiger partial charge is 0.307 e. The molecule has 0 saturated carbocycles. The van der Waals surface area contributed by atoms with Gasteiger partial charge in [-0.2, -0.15) is 0 Å². The van der Waals surface area contributed by atoms with Crippen LogP contribution in [0.5, 0.6) is 11.5 Å². The number of nitrogens with one attached hydrogen (secondary N) is 1. The third-order valence-electron chi connectivity index (χ3n) is 7.07. The van der Waals surface area contributed by atoms with Crippen molar-refractivity contribution in [3.8, 4) is 11.5 Å². The summed E-state index contributed by atoms with van der Waals surface area (Å²) in [6.07, 6.45) is -1.17. The Hall–Kier alpha value is -4.13. The van der Waals surface area contributed by atoms with Gasteiger partial charge < -0.3 is 14.8 Å². The van der Waals surface area contributed by atoms with Gasteiger partial charge in [-0.25, -0.2) is 0 Å². The van der Waals surface area contributed by atoms with Gasteiger partial charge in [0.15, 0.2) is 6.10 Å². The van der Waals surface area contributed by atoms with Crippen LogP contribution in [0.3, 0.4) is 0 Å². The second kappa shape index (κ2) is 14.9. The number of carbonyl (C=O) groups excluding carboxylic acids is 3. The Bertz CT molecular complexity index is 1520. The van der Waals surface area contributed by atoms with Crippen molar-refractivity contribution >= 4 is 46.5 Å². The molecule has 0 bridgehead atoms. The number of amides is 1. The Morgan fingerprint density at radius 3 is 1.95 bits per heavy atom. The summed E-state index contributed by atoms with van der Waals surface area (Å²) in [5, 5.41) is 3.25. The summed E-state index contributed by atoms with van der Waals surface area (Å²) >= 11 is 11.7. The molecule has 43 heavy (non-hydrogen) atoms. The maximum Gasteiger partial charge on any atom is 0.307 e. The average Bonchev–Trinajstić information content (AvgIpc) is 3.01. The van der Waals surface area contributed by atoms with Crippen molar-refractivity contribution < 1.29 is 23.9 Å². The molecule has 4 rings (SSSR count). The molecule has 6 nitrogen and oxygen atoms in total. The van der Waals surface area contributed by atoms with E-state index in [0.29, 0.717) is 27.8 Å². The molecule has 0 spiro atoms. The fourth-order valence-corrected chi connectivity index (χ4v) is 4.83. The topological polar surface area (TPSA) is 81.7 Å². The SMILES string of the molecule is CC(C)(c1ccccc1)c1ccc(Oc2ccc(NC(=O)CCC(=O)OC(CCCl)C(=O)c3ccc(Cl)cc3)cc2)cc1. The van der Waals surface area contributed by atoms with Gasteiger partial charge in [0.05, 0.1) is 6.42 Å². The molecule has 0 aliphatic carbocycles. The molecule has 1 N–H and O–H groups in total. The minimum atomic E-state index is -1.03. The minimum Gasteiger partial charge on any atom is -0.457 e. The molecule has 0 radical (unpaired) electrons. The largest absolute Gasteiger partial charge is 0.457 e. The summed E-state index contributed by atoms with van der Waals surface area (Å²) in [5.41, 5.74) is 3.19. The highest BCUT2D eigenvalue weighted by Gasteiger charge is 2.25. The van der Waals surface area contributed by atoms with Crippen LogP contribution >= 0.6 is 23.2 Å². The van der Waals surface area contributed by atoms with Crippen LogP contribution in [0.4, 0.5) is 5.69 Å². The van der Waals surface area contributed by atoms with E-state index in [4.69, 9.17) is 32.7 Å². The highest BCUT2D eigenvalue weighted by atomic mass is 35.5. The standard InChI is InChI=1S/C35H33Cl2NO5/c1-35(2,25-6-4-3-5-7-25)26-10-16-29(17-11-26)42-30-18-14-28(15-19-30)38-32(39)20-21-33(40)43-31(22-23-36)34(41)24-8-12-27(37)13-9-24/h3-19,31H,20-23H2,1-2H3,(H,38,39). The number of anilines is 1. The number of hydrogen-bond donors (Lipinski definition) is 1. The number of Topliss-reactive ketones (excluding diaryl/α,β-unsaturated/α-hetero) is 1. The van der Waals surface area contributed by atoms with Gasteiger partial charge in [-0.1, -0.05) is 67.9 Å². The Labute approximate surface area is 261 Å². The third-order valence-corrected chi connectivity index (χ3v) is 7.54. The maximum atomic E-state index is 12.7. The van der Waals surface area contributed by atoms with E-state index in [1.165, 1.54) is 11.1 Å². The lowest BCUT2D eigenvalue weighted by Crippen LogP contribution is -2.28. The van der Waals surface area contributed by atoms with Crippen molar-refractivity contribution in [1.29, 1.82) is 0 Å². The van der Waals surface area contributed by atoms with Gasteiger partial charge in [0, 0.05) is 40.4 Å². The quantitative estimate of drug-likeness (QED) is 0.0922. The summed E-state index contributed by atoms with van der Waals surface area (Å²) in [6, 6.07) is 31.6. The number of esters is 1. The van der Waals surface area contributed by atoms with E-state index in [-0.39, 0.29) is 42.2 Å². The molecule has 1 atom stereocenters. The molecule has 222 valence electrons. The van der Waals surface area contributed by atoms with Gasteiger partial charge in [0.1, 0.15) is 11.5 Å². The Morgan fingerprint density at radius 1 is 0.767 bits per heavy atom. The zero-order chi connectivity index (χ0) is 30.8. The number of carbonyl (C=O) groups is 3. The van der Waals surface area contributed by atoms with Gasteiger partial charge >= 0.3 is 5.97 Å². The molecular formula is C35H33Cl2NO5. The van der Waals surface area contributed by atoms with Crippen LogP contribution in [0.1, 0.15) is 54.6 Å². The number of benzene rings is 4. The van der Waals surface area contributed by atoms with E-state index in [1.54, 1.807) is 48.5 Å². The minimum absolute atomic E-state index is 0.106. The zero-order valence-electron chi connectivity index (χ0n) is 24.0. The summed E-state index contributed by atoms with van der Waals surface area (Å²) in [6.45, 7) is 4.38. The molecule has 0 fully saturated rings. The summed E-state index contributed by atoms with van der Waals surface area (Å²) < 4.78 is 11.3. The number of alkyl halides is 1. The second-order valence-corrected chi connectivity index (χ2v) is 11.3. The van der Waals surface area contributed by atoms with Gasteiger partial charge in [-0.05, 0) is 71.8 Å². The number of halogens is 2.